The molecular weight excluding hydrogens is 256 g/mol. The molecule has 1 atom stereocenters. The molecule has 0 spiro atoms. The Morgan fingerprint density at radius 2 is 2.28 bits per heavy atom. The van der Waals surface area contributed by atoms with E-state index in [2.05, 4.69) is 20.2 Å². The van der Waals surface area contributed by atoms with Crippen molar-refractivity contribution in [1.29, 1.82) is 0 Å². The SMILES string of the molecule is CCC(C)NC(=O)CCNS(=O)(=O)c1cn[nH]c1. The molecule has 1 amide bonds. The van der Waals surface area contributed by atoms with E-state index in [4.69, 9.17) is 0 Å². The molecule has 7 nitrogen and oxygen atoms in total. The number of carbonyl (C=O) groups excluding carboxylic acids is 1. The quantitative estimate of drug-likeness (QED) is 0.650. The van der Waals surface area contributed by atoms with E-state index in [0.29, 0.717) is 0 Å². The van der Waals surface area contributed by atoms with Crippen molar-refractivity contribution in [1.82, 2.24) is 20.2 Å². The highest BCUT2D eigenvalue weighted by Gasteiger charge is 2.15. The summed E-state index contributed by atoms with van der Waals surface area (Å²) < 4.78 is 25.6. The van der Waals surface area contributed by atoms with Crippen molar-refractivity contribution >= 4 is 15.9 Å². The Hall–Kier alpha value is -1.41. The van der Waals surface area contributed by atoms with Crippen LogP contribution in [0, 0.1) is 0 Å². The van der Waals surface area contributed by atoms with Gasteiger partial charge in [-0.3, -0.25) is 9.89 Å². The lowest BCUT2D eigenvalue weighted by Crippen LogP contribution is -2.35. The first kappa shape index (κ1) is 14.7. The first-order valence-electron chi connectivity index (χ1n) is 5.73. The zero-order chi connectivity index (χ0) is 13.6. The summed E-state index contributed by atoms with van der Waals surface area (Å²) in [6.07, 6.45) is 3.44. The summed E-state index contributed by atoms with van der Waals surface area (Å²) in [5, 5.41) is 8.74. The number of amides is 1. The van der Waals surface area contributed by atoms with Gasteiger partial charge in [0.2, 0.25) is 15.9 Å². The molecule has 1 aromatic rings. The second-order valence-corrected chi connectivity index (χ2v) is 5.73. The third-order valence-electron chi connectivity index (χ3n) is 2.45. The molecule has 0 aromatic carbocycles. The van der Waals surface area contributed by atoms with Crippen LogP contribution in [0.5, 0.6) is 0 Å². The number of rotatable bonds is 7. The molecule has 0 radical (unpaired) electrons. The largest absolute Gasteiger partial charge is 0.354 e. The lowest BCUT2D eigenvalue weighted by molar-refractivity contribution is -0.121. The van der Waals surface area contributed by atoms with Crippen molar-refractivity contribution in [2.24, 2.45) is 0 Å². The molecule has 18 heavy (non-hydrogen) atoms. The van der Waals surface area contributed by atoms with E-state index >= 15 is 0 Å². The molecule has 0 saturated heterocycles. The van der Waals surface area contributed by atoms with Crippen LogP contribution in [0.15, 0.2) is 17.3 Å². The van der Waals surface area contributed by atoms with Crippen LogP contribution in [0.3, 0.4) is 0 Å². The topological polar surface area (TPSA) is 104 Å². The highest BCUT2D eigenvalue weighted by molar-refractivity contribution is 7.89. The number of hydrogen-bond acceptors (Lipinski definition) is 4. The Kier molecular flexibility index (Phi) is 5.29. The fourth-order valence-electron chi connectivity index (χ4n) is 1.22. The van der Waals surface area contributed by atoms with Gasteiger partial charge in [-0.2, -0.15) is 5.10 Å². The smallest absolute Gasteiger partial charge is 0.243 e. The van der Waals surface area contributed by atoms with Gasteiger partial charge in [0.15, 0.2) is 0 Å². The first-order chi connectivity index (χ1) is 8.45. The van der Waals surface area contributed by atoms with Gasteiger partial charge in [0, 0.05) is 25.2 Å². The Morgan fingerprint density at radius 1 is 1.56 bits per heavy atom. The minimum atomic E-state index is -3.57. The molecule has 8 heteroatoms. The van der Waals surface area contributed by atoms with E-state index in [1.54, 1.807) is 0 Å². The van der Waals surface area contributed by atoms with Crippen molar-refractivity contribution in [2.45, 2.75) is 37.6 Å². The normalized spacial score (nSPS) is 13.2. The van der Waals surface area contributed by atoms with E-state index in [-0.39, 0.29) is 29.8 Å². The minimum Gasteiger partial charge on any atom is -0.354 e. The molecule has 1 unspecified atom stereocenters. The van der Waals surface area contributed by atoms with Crippen LogP contribution in [-0.2, 0) is 14.8 Å². The zero-order valence-corrected chi connectivity index (χ0v) is 11.3. The van der Waals surface area contributed by atoms with Gasteiger partial charge in [-0.1, -0.05) is 6.92 Å². The van der Waals surface area contributed by atoms with E-state index in [1.807, 2.05) is 13.8 Å². The van der Waals surface area contributed by atoms with Gasteiger partial charge in [0.1, 0.15) is 4.90 Å². The maximum atomic E-state index is 11.7. The van der Waals surface area contributed by atoms with E-state index < -0.39 is 10.0 Å². The summed E-state index contributed by atoms with van der Waals surface area (Å²) in [5.41, 5.74) is 0. The molecule has 0 bridgehead atoms. The van der Waals surface area contributed by atoms with Crippen LogP contribution in [0.25, 0.3) is 0 Å². The molecule has 0 aliphatic rings. The molecule has 1 aromatic heterocycles. The fraction of sp³-hybridized carbons (Fsp3) is 0.600. The van der Waals surface area contributed by atoms with Crippen molar-refractivity contribution < 1.29 is 13.2 Å². The fourth-order valence-corrected chi connectivity index (χ4v) is 2.15. The van der Waals surface area contributed by atoms with Gasteiger partial charge < -0.3 is 5.32 Å². The Balaban J connectivity index is 2.36. The van der Waals surface area contributed by atoms with Crippen molar-refractivity contribution in [3.8, 4) is 0 Å². The Morgan fingerprint density at radius 3 is 2.83 bits per heavy atom. The number of carbonyl (C=O) groups is 1. The van der Waals surface area contributed by atoms with Crippen molar-refractivity contribution in [3.63, 3.8) is 0 Å². The van der Waals surface area contributed by atoms with Crippen LogP contribution in [0.1, 0.15) is 26.7 Å². The number of aromatic nitrogens is 2. The lowest BCUT2D eigenvalue weighted by Gasteiger charge is -2.11. The molecule has 0 fully saturated rings. The summed E-state index contributed by atoms with van der Waals surface area (Å²) in [5.74, 6) is -0.167. The lowest BCUT2D eigenvalue weighted by atomic mass is 10.2. The molecular formula is C10H18N4O3S. The van der Waals surface area contributed by atoms with Crippen LogP contribution < -0.4 is 10.0 Å². The standard InChI is InChI=1S/C10H18N4O3S/c1-3-8(2)14-10(15)4-5-13-18(16,17)9-6-11-12-7-9/h6-8,13H,3-5H2,1-2H3,(H,11,12)(H,14,15). The van der Waals surface area contributed by atoms with Gasteiger partial charge in [-0.05, 0) is 13.3 Å². The third kappa shape index (κ3) is 4.46. The molecule has 3 N–H and O–H groups in total. The molecule has 0 aliphatic heterocycles. The van der Waals surface area contributed by atoms with E-state index in [1.165, 1.54) is 12.4 Å². The third-order valence-corrected chi connectivity index (χ3v) is 3.88. The first-order valence-corrected chi connectivity index (χ1v) is 7.22. The van der Waals surface area contributed by atoms with E-state index in [0.717, 1.165) is 6.42 Å². The number of hydrogen-bond donors (Lipinski definition) is 3. The van der Waals surface area contributed by atoms with E-state index in [9.17, 15) is 13.2 Å². The van der Waals surface area contributed by atoms with Crippen LogP contribution in [0.4, 0.5) is 0 Å². The van der Waals surface area contributed by atoms with Crippen LogP contribution in [0.2, 0.25) is 0 Å². The number of sulfonamides is 1. The minimum absolute atomic E-state index is 0.0600. The Bertz CT molecular complexity index is 469. The summed E-state index contributed by atoms with van der Waals surface area (Å²) in [4.78, 5) is 11.5. The van der Waals surface area contributed by atoms with Crippen molar-refractivity contribution in [2.75, 3.05) is 6.54 Å². The summed E-state index contributed by atoms with van der Waals surface area (Å²) in [6.45, 7) is 3.93. The summed E-state index contributed by atoms with van der Waals surface area (Å²) in [7, 11) is -3.57. The predicted molar refractivity (Wildman–Crippen MR) is 66.3 cm³/mol. The highest BCUT2D eigenvalue weighted by atomic mass is 32.2. The maximum Gasteiger partial charge on any atom is 0.243 e. The second-order valence-electron chi connectivity index (χ2n) is 3.96. The average molecular weight is 274 g/mol. The molecule has 102 valence electrons. The van der Waals surface area contributed by atoms with Crippen molar-refractivity contribution in [3.05, 3.63) is 12.4 Å². The number of H-pyrrole nitrogens is 1. The highest BCUT2D eigenvalue weighted by Crippen LogP contribution is 2.03. The molecule has 0 aliphatic carbocycles. The second kappa shape index (κ2) is 6.50. The summed E-state index contributed by atoms with van der Waals surface area (Å²) >= 11 is 0. The average Bonchev–Trinajstić information content (AvgIpc) is 2.82. The maximum absolute atomic E-state index is 11.7. The summed E-state index contributed by atoms with van der Waals surface area (Å²) in [6, 6.07) is 0.1000. The van der Waals surface area contributed by atoms with Gasteiger partial charge in [-0.25, -0.2) is 13.1 Å². The van der Waals surface area contributed by atoms with Crippen LogP contribution >= 0.6 is 0 Å². The van der Waals surface area contributed by atoms with Gasteiger partial charge in [0.05, 0.1) is 6.20 Å². The van der Waals surface area contributed by atoms with Gasteiger partial charge >= 0.3 is 0 Å². The molecule has 1 heterocycles. The van der Waals surface area contributed by atoms with Crippen LogP contribution in [-0.4, -0.2) is 37.1 Å². The Labute approximate surface area is 106 Å². The van der Waals surface area contributed by atoms with Gasteiger partial charge in [0.25, 0.3) is 0 Å². The predicted octanol–water partition coefficient (Wildman–Crippen LogP) is -0.00720. The number of nitrogens with zero attached hydrogens (tertiary/aromatic N) is 1. The number of nitrogens with one attached hydrogen (secondary N) is 3. The monoisotopic (exact) mass is 274 g/mol. The number of aromatic amines is 1. The zero-order valence-electron chi connectivity index (χ0n) is 10.4. The molecule has 1 rings (SSSR count). The molecule has 0 saturated carbocycles. The van der Waals surface area contributed by atoms with Gasteiger partial charge in [-0.15, -0.1) is 0 Å².